The van der Waals surface area contributed by atoms with Crippen molar-refractivity contribution in [1.29, 1.82) is 0 Å². The summed E-state index contributed by atoms with van der Waals surface area (Å²) in [7, 11) is 1.97. The van der Waals surface area contributed by atoms with Crippen LogP contribution in [-0.2, 0) is 7.05 Å². The Morgan fingerprint density at radius 3 is 2.59 bits per heavy atom. The molecular formula is C14H17BrN2. The fraction of sp³-hybridized carbons (Fsp3) is 0.357. The number of halogens is 1. The van der Waals surface area contributed by atoms with Crippen molar-refractivity contribution in [1.82, 2.24) is 9.78 Å². The molecule has 0 amide bonds. The Hall–Kier alpha value is -1.09. The zero-order chi connectivity index (χ0) is 12.6. The van der Waals surface area contributed by atoms with Gasteiger partial charge in [0.2, 0.25) is 0 Å². The highest BCUT2D eigenvalue weighted by Gasteiger charge is 2.15. The molecule has 0 bridgehead atoms. The molecule has 90 valence electrons. The van der Waals surface area contributed by atoms with E-state index in [0.717, 1.165) is 10.2 Å². The highest BCUT2D eigenvalue weighted by molar-refractivity contribution is 9.10. The summed E-state index contributed by atoms with van der Waals surface area (Å²) < 4.78 is 3.04. The number of hydrogen-bond donors (Lipinski definition) is 0. The first kappa shape index (κ1) is 12.4. The van der Waals surface area contributed by atoms with Crippen molar-refractivity contribution >= 4 is 15.9 Å². The van der Waals surface area contributed by atoms with Gasteiger partial charge in [0.1, 0.15) is 0 Å². The molecule has 0 N–H and O–H groups in total. The van der Waals surface area contributed by atoms with E-state index < -0.39 is 0 Å². The third-order valence-electron chi connectivity index (χ3n) is 2.96. The number of aryl methyl sites for hydroxylation is 1. The summed E-state index contributed by atoms with van der Waals surface area (Å²) >= 11 is 3.58. The third kappa shape index (κ3) is 2.29. The van der Waals surface area contributed by atoms with Gasteiger partial charge in [0, 0.05) is 23.3 Å². The van der Waals surface area contributed by atoms with E-state index >= 15 is 0 Å². The van der Waals surface area contributed by atoms with E-state index in [9.17, 15) is 0 Å². The Bertz CT molecular complexity index is 541. The van der Waals surface area contributed by atoms with Crippen LogP contribution in [0.25, 0.3) is 11.1 Å². The highest BCUT2D eigenvalue weighted by Crippen LogP contribution is 2.33. The molecule has 0 aliphatic rings. The topological polar surface area (TPSA) is 17.8 Å². The fourth-order valence-electron chi connectivity index (χ4n) is 2.04. The van der Waals surface area contributed by atoms with E-state index in [2.05, 4.69) is 66.2 Å². The number of aromatic nitrogens is 2. The van der Waals surface area contributed by atoms with Crippen molar-refractivity contribution in [3.05, 3.63) is 40.1 Å². The molecular weight excluding hydrogens is 276 g/mol. The SMILES string of the molecule is Cc1c(Br)cccc1-c1cn(C)nc1C(C)C. The summed E-state index contributed by atoms with van der Waals surface area (Å²) in [6.07, 6.45) is 2.10. The van der Waals surface area contributed by atoms with Crippen molar-refractivity contribution in [2.45, 2.75) is 26.7 Å². The maximum absolute atomic E-state index is 4.56. The molecule has 0 aliphatic carbocycles. The molecule has 1 aromatic heterocycles. The lowest BCUT2D eigenvalue weighted by Gasteiger charge is -2.09. The van der Waals surface area contributed by atoms with Gasteiger partial charge in [-0.05, 0) is 30.0 Å². The van der Waals surface area contributed by atoms with Gasteiger partial charge < -0.3 is 0 Å². The fourth-order valence-corrected chi connectivity index (χ4v) is 2.41. The van der Waals surface area contributed by atoms with Gasteiger partial charge in [-0.15, -0.1) is 0 Å². The zero-order valence-corrected chi connectivity index (χ0v) is 12.2. The molecule has 0 saturated heterocycles. The molecule has 17 heavy (non-hydrogen) atoms. The first-order valence-electron chi connectivity index (χ1n) is 5.79. The van der Waals surface area contributed by atoms with Crippen LogP contribution in [0.1, 0.15) is 31.0 Å². The normalized spacial score (nSPS) is 11.2. The molecule has 2 aromatic rings. The van der Waals surface area contributed by atoms with E-state index in [0.29, 0.717) is 5.92 Å². The first-order chi connectivity index (χ1) is 8.00. The molecule has 1 aromatic carbocycles. The maximum atomic E-state index is 4.56. The molecule has 1 heterocycles. The number of nitrogens with zero attached hydrogens (tertiary/aromatic N) is 2. The van der Waals surface area contributed by atoms with Gasteiger partial charge in [-0.25, -0.2) is 0 Å². The van der Waals surface area contributed by atoms with Crippen molar-refractivity contribution < 1.29 is 0 Å². The van der Waals surface area contributed by atoms with Crippen LogP contribution in [0.5, 0.6) is 0 Å². The molecule has 0 atom stereocenters. The summed E-state index contributed by atoms with van der Waals surface area (Å²) in [5.74, 6) is 0.435. The van der Waals surface area contributed by atoms with Gasteiger partial charge in [-0.2, -0.15) is 5.10 Å². The Kier molecular flexibility index (Phi) is 3.38. The Labute approximate surface area is 111 Å². The summed E-state index contributed by atoms with van der Waals surface area (Å²) in [4.78, 5) is 0. The Morgan fingerprint density at radius 1 is 1.24 bits per heavy atom. The first-order valence-corrected chi connectivity index (χ1v) is 6.59. The van der Waals surface area contributed by atoms with Crippen molar-refractivity contribution in [3.63, 3.8) is 0 Å². The second-order valence-corrected chi connectivity index (χ2v) is 5.52. The molecule has 0 spiro atoms. The summed E-state index contributed by atoms with van der Waals surface area (Å²) in [5.41, 5.74) is 4.92. The van der Waals surface area contributed by atoms with Gasteiger partial charge in [0.15, 0.2) is 0 Å². The lowest BCUT2D eigenvalue weighted by molar-refractivity contribution is 0.713. The van der Waals surface area contributed by atoms with Crippen LogP contribution in [0.2, 0.25) is 0 Å². The average molecular weight is 293 g/mol. The molecule has 2 rings (SSSR count). The number of benzene rings is 1. The van der Waals surface area contributed by atoms with Gasteiger partial charge in [0.25, 0.3) is 0 Å². The van der Waals surface area contributed by atoms with Crippen molar-refractivity contribution in [3.8, 4) is 11.1 Å². The van der Waals surface area contributed by atoms with Crippen LogP contribution in [0, 0.1) is 6.92 Å². The minimum atomic E-state index is 0.435. The minimum absolute atomic E-state index is 0.435. The smallest absolute Gasteiger partial charge is 0.0728 e. The average Bonchev–Trinajstić information content (AvgIpc) is 2.64. The van der Waals surface area contributed by atoms with Crippen LogP contribution >= 0.6 is 15.9 Å². The predicted molar refractivity (Wildman–Crippen MR) is 75.2 cm³/mol. The van der Waals surface area contributed by atoms with Crippen LogP contribution in [-0.4, -0.2) is 9.78 Å². The van der Waals surface area contributed by atoms with Gasteiger partial charge >= 0.3 is 0 Å². The van der Waals surface area contributed by atoms with Crippen LogP contribution in [0.4, 0.5) is 0 Å². The second-order valence-electron chi connectivity index (χ2n) is 4.67. The lowest BCUT2D eigenvalue weighted by Crippen LogP contribution is -1.94. The van der Waals surface area contributed by atoms with Gasteiger partial charge in [-0.1, -0.05) is 41.9 Å². The molecule has 2 nitrogen and oxygen atoms in total. The molecule has 0 saturated carbocycles. The van der Waals surface area contributed by atoms with E-state index in [4.69, 9.17) is 0 Å². The molecule has 0 radical (unpaired) electrons. The third-order valence-corrected chi connectivity index (χ3v) is 3.82. The highest BCUT2D eigenvalue weighted by atomic mass is 79.9. The van der Waals surface area contributed by atoms with Gasteiger partial charge in [0.05, 0.1) is 5.69 Å². The van der Waals surface area contributed by atoms with Crippen LogP contribution < -0.4 is 0 Å². The monoisotopic (exact) mass is 292 g/mol. The van der Waals surface area contributed by atoms with Crippen LogP contribution in [0.3, 0.4) is 0 Å². The molecule has 0 aliphatic heterocycles. The standard InChI is InChI=1S/C14H17BrN2/c1-9(2)14-12(8-17(4)16-14)11-6-5-7-13(15)10(11)3/h5-9H,1-4H3. The van der Waals surface area contributed by atoms with Crippen LogP contribution in [0.15, 0.2) is 28.9 Å². The predicted octanol–water partition coefficient (Wildman–Crippen LogP) is 4.28. The second kappa shape index (κ2) is 4.65. The number of rotatable bonds is 2. The molecule has 3 heteroatoms. The Balaban J connectivity index is 2.64. The maximum Gasteiger partial charge on any atom is 0.0728 e. The van der Waals surface area contributed by atoms with Gasteiger partial charge in [-0.3, -0.25) is 4.68 Å². The summed E-state index contributed by atoms with van der Waals surface area (Å²) in [6.45, 7) is 6.49. The van der Waals surface area contributed by atoms with Crippen molar-refractivity contribution in [2.75, 3.05) is 0 Å². The van der Waals surface area contributed by atoms with E-state index in [1.54, 1.807) is 0 Å². The molecule has 0 unspecified atom stereocenters. The molecule has 0 fully saturated rings. The summed E-state index contributed by atoms with van der Waals surface area (Å²) in [5, 5.41) is 4.56. The zero-order valence-electron chi connectivity index (χ0n) is 10.7. The Morgan fingerprint density at radius 2 is 1.94 bits per heavy atom. The largest absolute Gasteiger partial charge is 0.275 e. The summed E-state index contributed by atoms with van der Waals surface area (Å²) in [6, 6.07) is 6.30. The minimum Gasteiger partial charge on any atom is -0.275 e. The van der Waals surface area contributed by atoms with E-state index in [-0.39, 0.29) is 0 Å². The van der Waals surface area contributed by atoms with Crippen molar-refractivity contribution in [2.24, 2.45) is 7.05 Å². The number of hydrogen-bond acceptors (Lipinski definition) is 1. The quantitative estimate of drug-likeness (QED) is 0.808. The lowest BCUT2D eigenvalue weighted by atomic mass is 9.97. The van der Waals surface area contributed by atoms with E-state index in [1.165, 1.54) is 16.7 Å². The van der Waals surface area contributed by atoms with E-state index in [1.807, 2.05) is 11.7 Å².